The average molecular weight is 290 g/mol. The molecule has 5 nitrogen and oxygen atoms in total. The summed E-state index contributed by atoms with van der Waals surface area (Å²) in [7, 11) is 0. The van der Waals surface area contributed by atoms with Crippen LogP contribution < -0.4 is 16.8 Å². The van der Waals surface area contributed by atoms with E-state index in [9.17, 15) is 9.18 Å². The van der Waals surface area contributed by atoms with E-state index in [0.717, 1.165) is 11.3 Å². The van der Waals surface area contributed by atoms with Gasteiger partial charge < -0.3 is 16.8 Å². The summed E-state index contributed by atoms with van der Waals surface area (Å²) in [5, 5.41) is 12.3. The Morgan fingerprint density at radius 3 is 2.85 bits per heavy atom. The highest BCUT2D eigenvalue weighted by Crippen LogP contribution is 2.35. The van der Waals surface area contributed by atoms with Gasteiger partial charge in [-0.3, -0.25) is 4.79 Å². The van der Waals surface area contributed by atoms with Crippen LogP contribution >= 0.6 is 11.3 Å². The van der Waals surface area contributed by atoms with Crippen molar-refractivity contribution in [3.63, 3.8) is 0 Å². The summed E-state index contributed by atoms with van der Waals surface area (Å²) in [6.07, 6.45) is 0. The van der Waals surface area contributed by atoms with E-state index in [2.05, 4.69) is 5.32 Å². The van der Waals surface area contributed by atoms with Crippen molar-refractivity contribution in [2.75, 3.05) is 11.1 Å². The Kier molecular flexibility index (Phi) is 3.86. The van der Waals surface area contributed by atoms with Crippen molar-refractivity contribution in [2.24, 2.45) is 5.73 Å². The van der Waals surface area contributed by atoms with Gasteiger partial charge in [0.05, 0.1) is 11.3 Å². The fraction of sp³-hybridized carbons (Fsp3) is 0.0769. The van der Waals surface area contributed by atoms with Crippen molar-refractivity contribution in [1.29, 1.82) is 5.26 Å². The Hall–Kier alpha value is -2.59. The predicted octanol–water partition coefficient (Wildman–Crippen LogP) is 2.05. The maximum atomic E-state index is 13.1. The molecular formula is C13H11FN4OS. The third-order valence-electron chi connectivity index (χ3n) is 2.64. The number of carbonyl (C=O) groups excluding carboxylic acids is 1. The molecule has 2 aromatic rings. The van der Waals surface area contributed by atoms with Crippen molar-refractivity contribution < 1.29 is 9.18 Å². The van der Waals surface area contributed by atoms with Crippen molar-refractivity contribution >= 4 is 27.9 Å². The molecule has 1 aromatic carbocycles. The highest BCUT2D eigenvalue weighted by molar-refractivity contribution is 7.17. The van der Waals surface area contributed by atoms with Gasteiger partial charge in [0, 0.05) is 6.54 Å². The average Bonchev–Trinajstić information content (AvgIpc) is 2.73. The normalized spacial score (nSPS) is 10.0. The van der Waals surface area contributed by atoms with Crippen LogP contribution in [-0.4, -0.2) is 5.91 Å². The van der Waals surface area contributed by atoms with Crippen LogP contribution in [0.3, 0.4) is 0 Å². The number of nitriles is 1. The van der Waals surface area contributed by atoms with E-state index in [-0.39, 0.29) is 21.9 Å². The number of amides is 1. The Balaban J connectivity index is 2.26. The molecule has 20 heavy (non-hydrogen) atoms. The summed E-state index contributed by atoms with van der Waals surface area (Å²) in [4.78, 5) is 11.6. The summed E-state index contributed by atoms with van der Waals surface area (Å²) < 4.78 is 13.1. The number of nitrogens with two attached hydrogens (primary N) is 2. The number of thiophene rings is 1. The second kappa shape index (κ2) is 5.59. The molecule has 0 bridgehead atoms. The van der Waals surface area contributed by atoms with Crippen LogP contribution in [0, 0.1) is 17.1 Å². The number of hydrogen-bond acceptors (Lipinski definition) is 5. The fourth-order valence-corrected chi connectivity index (χ4v) is 2.64. The first-order chi connectivity index (χ1) is 9.52. The second-order valence-electron chi connectivity index (χ2n) is 4.01. The van der Waals surface area contributed by atoms with E-state index in [1.165, 1.54) is 12.1 Å². The van der Waals surface area contributed by atoms with Crippen LogP contribution in [0.15, 0.2) is 24.3 Å². The lowest BCUT2D eigenvalue weighted by Gasteiger charge is -2.06. The summed E-state index contributed by atoms with van der Waals surface area (Å²) in [6, 6.07) is 7.95. The molecule has 0 atom stereocenters. The zero-order chi connectivity index (χ0) is 14.7. The molecule has 7 heteroatoms. The zero-order valence-electron chi connectivity index (χ0n) is 10.3. The van der Waals surface area contributed by atoms with E-state index >= 15 is 0 Å². The van der Waals surface area contributed by atoms with Crippen LogP contribution in [-0.2, 0) is 6.54 Å². The van der Waals surface area contributed by atoms with Crippen molar-refractivity contribution in [2.45, 2.75) is 6.54 Å². The Labute approximate surface area is 118 Å². The zero-order valence-corrected chi connectivity index (χ0v) is 11.1. The summed E-state index contributed by atoms with van der Waals surface area (Å²) >= 11 is 1.05. The molecule has 0 radical (unpaired) electrons. The van der Waals surface area contributed by atoms with Gasteiger partial charge in [-0.2, -0.15) is 5.26 Å². The lowest BCUT2D eigenvalue weighted by atomic mass is 10.2. The molecule has 0 spiro atoms. The van der Waals surface area contributed by atoms with E-state index in [1.807, 2.05) is 6.07 Å². The van der Waals surface area contributed by atoms with Gasteiger partial charge in [-0.15, -0.1) is 11.3 Å². The molecule has 0 aliphatic carbocycles. The van der Waals surface area contributed by atoms with Crippen LogP contribution in [0.4, 0.5) is 15.1 Å². The van der Waals surface area contributed by atoms with Crippen molar-refractivity contribution in [3.05, 3.63) is 46.1 Å². The largest absolute Gasteiger partial charge is 0.396 e. The van der Waals surface area contributed by atoms with Gasteiger partial charge in [0.2, 0.25) is 0 Å². The number of nitrogens with one attached hydrogen (secondary N) is 1. The minimum absolute atomic E-state index is 0.0757. The van der Waals surface area contributed by atoms with E-state index in [4.69, 9.17) is 16.7 Å². The minimum Gasteiger partial charge on any atom is -0.396 e. The van der Waals surface area contributed by atoms with E-state index in [1.54, 1.807) is 12.1 Å². The Bertz CT molecular complexity index is 705. The first kappa shape index (κ1) is 13.8. The van der Waals surface area contributed by atoms with Gasteiger partial charge in [-0.1, -0.05) is 12.1 Å². The molecule has 0 saturated heterocycles. The maximum Gasteiger partial charge on any atom is 0.253 e. The van der Waals surface area contributed by atoms with E-state index < -0.39 is 5.91 Å². The monoisotopic (exact) mass is 290 g/mol. The summed E-state index contributed by atoms with van der Waals surface area (Å²) in [5.41, 5.74) is 11.8. The molecule has 0 saturated carbocycles. The molecule has 0 unspecified atom stereocenters. The van der Waals surface area contributed by atoms with Crippen molar-refractivity contribution in [1.82, 2.24) is 0 Å². The quantitative estimate of drug-likeness (QED) is 0.801. The summed E-state index contributed by atoms with van der Waals surface area (Å²) in [6.45, 7) is 0.295. The topological polar surface area (TPSA) is 105 Å². The number of hydrogen-bond donors (Lipinski definition) is 3. The number of rotatable bonds is 4. The van der Waals surface area contributed by atoms with Crippen molar-refractivity contribution in [3.8, 4) is 6.07 Å². The number of primary amides is 1. The number of halogens is 1. The van der Waals surface area contributed by atoms with Crippen LogP contribution in [0.1, 0.15) is 20.8 Å². The molecule has 1 heterocycles. The molecule has 1 amide bonds. The number of benzene rings is 1. The fourth-order valence-electron chi connectivity index (χ4n) is 1.73. The van der Waals surface area contributed by atoms with Gasteiger partial charge >= 0.3 is 0 Å². The lowest BCUT2D eigenvalue weighted by Crippen LogP contribution is -2.14. The van der Waals surface area contributed by atoms with Crippen LogP contribution in [0.5, 0.6) is 0 Å². The van der Waals surface area contributed by atoms with Gasteiger partial charge in [0.1, 0.15) is 21.8 Å². The van der Waals surface area contributed by atoms with Crippen LogP contribution in [0.25, 0.3) is 0 Å². The van der Waals surface area contributed by atoms with E-state index in [0.29, 0.717) is 17.1 Å². The first-order valence-corrected chi connectivity index (χ1v) is 6.45. The second-order valence-corrected chi connectivity index (χ2v) is 5.03. The van der Waals surface area contributed by atoms with Gasteiger partial charge in [-0.05, 0) is 17.7 Å². The van der Waals surface area contributed by atoms with Gasteiger partial charge in [0.25, 0.3) is 5.91 Å². The third kappa shape index (κ3) is 2.70. The number of nitrogen functional groups attached to an aromatic ring is 1. The molecular weight excluding hydrogens is 279 g/mol. The number of carbonyl (C=O) groups is 1. The lowest BCUT2D eigenvalue weighted by molar-refractivity contribution is 0.100. The molecule has 102 valence electrons. The summed E-state index contributed by atoms with van der Waals surface area (Å²) in [5.74, 6) is -1.05. The van der Waals surface area contributed by atoms with Gasteiger partial charge in [0.15, 0.2) is 0 Å². The van der Waals surface area contributed by atoms with Crippen LogP contribution in [0.2, 0.25) is 0 Å². The Morgan fingerprint density at radius 2 is 2.25 bits per heavy atom. The molecule has 0 aliphatic rings. The molecule has 1 aromatic heterocycles. The third-order valence-corrected chi connectivity index (χ3v) is 3.70. The molecule has 2 rings (SSSR count). The minimum atomic E-state index is -0.706. The van der Waals surface area contributed by atoms with Gasteiger partial charge in [-0.25, -0.2) is 4.39 Å². The highest BCUT2D eigenvalue weighted by atomic mass is 32.1. The molecule has 0 fully saturated rings. The predicted molar refractivity (Wildman–Crippen MR) is 75.7 cm³/mol. The molecule has 5 N–H and O–H groups in total. The molecule has 0 aliphatic heterocycles. The Morgan fingerprint density at radius 1 is 1.50 bits per heavy atom. The smallest absolute Gasteiger partial charge is 0.253 e. The standard InChI is InChI=1S/C13H11FN4OS/c14-8-3-1-2-7(4-8)6-18-13-10(12(17)19)11(16)9(5-15)20-13/h1-4,18H,6,16H2,(H2,17,19). The number of anilines is 2. The maximum absolute atomic E-state index is 13.1. The number of nitrogens with zero attached hydrogens (tertiary/aromatic N) is 1. The first-order valence-electron chi connectivity index (χ1n) is 5.63. The SMILES string of the molecule is N#Cc1sc(NCc2cccc(F)c2)c(C(N)=O)c1N. The highest BCUT2D eigenvalue weighted by Gasteiger charge is 2.19.